The molecule has 0 aromatic heterocycles. The molecular weight excluding hydrogens is 342 g/mol. The minimum Gasteiger partial charge on any atom is -0.396 e. The van der Waals surface area contributed by atoms with E-state index in [1.54, 1.807) is 0 Å². The molecule has 1 rings (SSSR count). The number of likely N-dealkylation sites (tertiary alicyclic amines) is 1. The second-order valence-corrected chi connectivity index (χ2v) is 7.43. The molecule has 1 aliphatic rings. The highest BCUT2D eigenvalue weighted by atomic mass is 16.3. The van der Waals surface area contributed by atoms with Crippen LogP contribution in [0.25, 0.3) is 0 Å². The number of aliphatic imine (C=N–C) groups is 1. The van der Waals surface area contributed by atoms with Gasteiger partial charge in [0, 0.05) is 45.4 Å². The SMILES string of the molecule is CCCNC(=O)CN1CCC(NC(=NCC(CCC)CCO)NCC)CC1. The molecule has 0 aliphatic carbocycles. The first-order valence-corrected chi connectivity index (χ1v) is 10.8. The van der Waals surface area contributed by atoms with Crippen LogP contribution < -0.4 is 16.0 Å². The summed E-state index contributed by atoms with van der Waals surface area (Å²) in [6.07, 6.45) is 6.04. The molecular formula is C20H41N5O2. The largest absolute Gasteiger partial charge is 0.396 e. The number of rotatable bonds is 12. The van der Waals surface area contributed by atoms with Crippen LogP contribution in [-0.4, -0.2) is 73.8 Å². The van der Waals surface area contributed by atoms with Crippen LogP contribution in [0.1, 0.15) is 59.3 Å². The molecule has 1 aliphatic heterocycles. The van der Waals surface area contributed by atoms with E-state index >= 15 is 0 Å². The number of hydrogen-bond donors (Lipinski definition) is 4. The van der Waals surface area contributed by atoms with Crippen molar-refractivity contribution < 1.29 is 9.90 Å². The summed E-state index contributed by atoms with van der Waals surface area (Å²) < 4.78 is 0. The van der Waals surface area contributed by atoms with Gasteiger partial charge in [-0.25, -0.2) is 0 Å². The van der Waals surface area contributed by atoms with E-state index in [0.29, 0.717) is 18.5 Å². The van der Waals surface area contributed by atoms with E-state index < -0.39 is 0 Å². The molecule has 158 valence electrons. The molecule has 7 heteroatoms. The molecule has 0 saturated carbocycles. The van der Waals surface area contributed by atoms with Gasteiger partial charge in [0.15, 0.2) is 5.96 Å². The maximum Gasteiger partial charge on any atom is 0.234 e. The van der Waals surface area contributed by atoms with Crippen molar-refractivity contribution in [1.29, 1.82) is 0 Å². The quantitative estimate of drug-likeness (QED) is 0.302. The molecule has 7 nitrogen and oxygen atoms in total. The summed E-state index contributed by atoms with van der Waals surface area (Å²) in [5.41, 5.74) is 0. The molecule has 0 radical (unpaired) electrons. The van der Waals surface area contributed by atoms with Crippen LogP contribution in [0.3, 0.4) is 0 Å². The topological polar surface area (TPSA) is 89.0 Å². The summed E-state index contributed by atoms with van der Waals surface area (Å²) in [5, 5.41) is 19.0. The standard InChI is InChI=1S/C20H41N5O2/c1-4-7-17(10-14-26)15-23-20(21-6-3)24-18-8-12-25(13-9-18)16-19(27)22-11-5-2/h17-18,26H,4-16H2,1-3H3,(H,22,27)(H2,21,23,24). The van der Waals surface area contributed by atoms with Gasteiger partial charge in [-0.1, -0.05) is 20.3 Å². The van der Waals surface area contributed by atoms with E-state index in [0.717, 1.165) is 77.2 Å². The highest BCUT2D eigenvalue weighted by molar-refractivity contribution is 5.80. The fraction of sp³-hybridized carbons (Fsp3) is 0.900. The van der Waals surface area contributed by atoms with Gasteiger partial charge in [0.05, 0.1) is 6.54 Å². The molecule has 1 heterocycles. The Labute approximate surface area is 165 Å². The number of aliphatic hydroxyl groups excluding tert-OH is 1. The van der Waals surface area contributed by atoms with Crippen LogP contribution in [0, 0.1) is 5.92 Å². The maximum absolute atomic E-state index is 11.9. The molecule has 0 spiro atoms. The summed E-state index contributed by atoms with van der Waals surface area (Å²) in [6, 6.07) is 0.389. The Bertz CT molecular complexity index is 417. The Balaban J connectivity index is 2.42. The lowest BCUT2D eigenvalue weighted by atomic mass is 10.0. The predicted molar refractivity (Wildman–Crippen MR) is 112 cm³/mol. The molecule has 27 heavy (non-hydrogen) atoms. The van der Waals surface area contributed by atoms with Gasteiger partial charge in [-0.3, -0.25) is 14.7 Å². The number of hydrogen-bond acceptors (Lipinski definition) is 4. The van der Waals surface area contributed by atoms with Crippen LogP contribution in [0.15, 0.2) is 4.99 Å². The van der Waals surface area contributed by atoms with Crippen LogP contribution in [0.5, 0.6) is 0 Å². The van der Waals surface area contributed by atoms with Gasteiger partial charge in [0.2, 0.25) is 5.91 Å². The van der Waals surface area contributed by atoms with Crippen molar-refractivity contribution in [3.05, 3.63) is 0 Å². The number of nitrogens with zero attached hydrogens (tertiary/aromatic N) is 2. The summed E-state index contributed by atoms with van der Waals surface area (Å²) in [4.78, 5) is 18.8. The molecule has 4 N–H and O–H groups in total. The van der Waals surface area contributed by atoms with Crippen molar-refractivity contribution in [2.75, 3.05) is 45.9 Å². The third-order valence-corrected chi connectivity index (χ3v) is 4.95. The van der Waals surface area contributed by atoms with Crippen molar-refractivity contribution in [2.45, 2.75) is 65.3 Å². The Hall–Kier alpha value is -1.34. The monoisotopic (exact) mass is 383 g/mol. The highest BCUT2D eigenvalue weighted by Gasteiger charge is 2.21. The lowest BCUT2D eigenvalue weighted by molar-refractivity contribution is -0.122. The van der Waals surface area contributed by atoms with Gasteiger partial charge < -0.3 is 21.1 Å². The van der Waals surface area contributed by atoms with E-state index in [-0.39, 0.29) is 12.5 Å². The molecule has 0 bridgehead atoms. The number of aliphatic hydroxyl groups is 1. The van der Waals surface area contributed by atoms with Crippen molar-refractivity contribution in [3.8, 4) is 0 Å². The van der Waals surface area contributed by atoms with Gasteiger partial charge in [-0.05, 0) is 44.9 Å². The molecule has 1 amide bonds. The van der Waals surface area contributed by atoms with Gasteiger partial charge in [-0.2, -0.15) is 0 Å². The van der Waals surface area contributed by atoms with Crippen LogP contribution in [0.4, 0.5) is 0 Å². The fourth-order valence-electron chi connectivity index (χ4n) is 3.41. The second kappa shape index (κ2) is 14.7. The summed E-state index contributed by atoms with van der Waals surface area (Å²) >= 11 is 0. The first-order valence-electron chi connectivity index (χ1n) is 10.8. The van der Waals surface area contributed by atoms with E-state index in [2.05, 4.69) is 41.6 Å². The lowest BCUT2D eigenvalue weighted by Gasteiger charge is -2.32. The summed E-state index contributed by atoms with van der Waals surface area (Å²) in [5.74, 6) is 1.44. The lowest BCUT2D eigenvalue weighted by Crippen LogP contribution is -2.50. The zero-order valence-corrected chi connectivity index (χ0v) is 17.6. The molecule has 1 unspecified atom stereocenters. The third kappa shape index (κ3) is 10.5. The fourth-order valence-corrected chi connectivity index (χ4v) is 3.41. The predicted octanol–water partition coefficient (Wildman–Crippen LogP) is 1.33. The minimum atomic E-state index is 0.129. The Kier molecular flexibility index (Phi) is 12.9. The van der Waals surface area contributed by atoms with E-state index in [4.69, 9.17) is 4.99 Å². The third-order valence-electron chi connectivity index (χ3n) is 4.95. The molecule has 1 fully saturated rings. The first kappa shape index (κ1) is 23.7. The second-order valence-electron chi connectivity index (χ2n) is 7.43. The van der Waals surface area contributed by atoms with E-state index in [1.165, 1.54) is 0 Å². The van der Waals surface area contributed by atoms with Crippen LogP contribution >= 0.6 is 0 Å². The summed E-state index contributed by atoms with van der Waals surface area (Å²) in [6.45, 7) is 11.2. The van der Waals surface area contributed by atoms with Crippen molar-refractivity contribution in [1.82, 2.24) is 20.9 Å². The number of guanidine groups is 1. The Morgan fingerprint density at radius 3 is 2.48 bits per heavy atom. The molecule has 1 atom stereocenters. The normalized spacial score (nSPS) is 17.6. The Morgan fingerprint density at radius 2 is 1.89 bits per heavy atom. The molecule has 0 aromatic carbocycles. The smallest absolute Gasteiger partial charge is 0.234 e. The Morgan fingerprint density at radius 1 is 1.15 bits per heavy atom. The van der Waals surface area contributed by atoms with Crippen molar-refractivity contribution in [2.24, 2.45) is 10.9 Å². The number of amides is 1. The number of carbonyl (C=O) groups is 1. The van der Waals surface area contributed by atoms with Gasteiger partial charge in [-0.15, -0.1) is 0 Å². The zero-order valence-electron chi connectivity index (χ0n) is 17.6. The number of carbonyl (C=O) groups excluding carboxylic acids is 1. The molecule has 1 saturated heterocycles. The number of piperidine rings is 1. The van der Waals surface area contributed by atoms with E-state index in [1.807, 2.05) is 0 Å². The van der Waals surface area contributed by atoms with Gasteiger partial charge in [0.25, 0.3) is 0 Å². The van der Waals surface area contributed by atoms with Gasteiger partial charge in [0.1, 0.15) is 0 Å². The molecule has 0 aromatic rings. The average Bonchev–Trinajstić information content (AvgIpc) is 2.66. The maximum atomic E-state index is 11.9. The van der Waals surface area contributed by atoms with Gasteiger partial charge >= 0.3 is 0 Å². The van der Waals surface area contributed by atoms with Crippen LogP contribution in [-0.2, 0) is 4.79 Å². The number of nitrogens with one attached hydrogen (secondary N) is 3. The van der Waals surface area contributed by atoms with E-state index in [9.17, 15) is 9.90 Å². The zero-order chi connectivity index (χ0) is 19.9. The summed E-state index contributed by atoms with van der Waals surface area (Å²) in [7, 11) is 0. The van der Waals surface area contributed by atoms with Crippen molar-refractivity contribution in [3.63, 3.8) is 0 Å². The van der Waals surface area contributed by atoms with Crippen LogP contribution in [0.2, 0.25) is 0 Å². The average molecular weight is 384 g/mol. The highest BCUT2D eigenvalue weighted by Crippen LogP contribution is 2.12. The van der Waals surface area contributed by atoms with Crippen molar-refractivity contribution >= 4 is 11.9 Å². The minimum absolute atomic E-state index is 0.129. The first-order chi connectivity index (χ1) is 13.1.